The van der Waals surface area contributed by atoms with Crippen LogP contribution in [0.25, 0.3) is 0 Å². The Morgan fingerprint density at radius 3 is 2.65 bits per heavy atom. The maximum Gasteiger partial charge on any atom is 0.149 e. The SMILES string of the molecule is COc1ccc(CN(C)c2cncc(Cl)n2)c(OC)c1. The minimum atomic E-state index is 0.371. The molecule has 0 fully saturated rings. The summed E-state index contributed by atoms with van der Waals surface area (Å²) in [6, 6.07) is 5.72. The van der Waals surface area contributed by atoms with Crippen molar-refractivity contribution in [2.24, 2.45) is 0 Å². The summed E-state index contributed by atoms with van der Waals surface area (Å²) in [4.78, 5) is 10.2. The summed E-state index contributed by atoms with van der Waals surface area (Å²) < 4.78 is 10.6. The van der Waals surface area contributed by atoms with Crippen LogP contribution < -0.4 is 14.4 Å². The molecule has 0 aliphatic rings. The Bertz CT molecular complexity index is 592. The number of halogens is 1. The van der Waals surface area contributed by atoms with Gasteiger partial charge < -0.3 is 14.4 Å². The average molecular weight is 294 g/mol. The van der Waals surface area contributed by atoms with Gasteiger partial charge in [0, 0.05) is 25.2 Å². The van der Waals surface area contributed by atoms with E-state index in [0.29, 0.717) is 17.5 Å². The lowest BCUT2D eigenvalue weighted by atomic mass is 10.2. The lowest BCUT2D eigenvalue weighted by Gasteiger charge is -2.19. The zero-order valence-corrected chi connectivity index (χ0v) is 12.4. The number of anilines is 1. The Labute approximate surface area is 123 Å². The standard InChI is InChI=1S/C14H16ClN3O2/c1-18(14-8-16-7-13(15)17-14)9-10-4-5-11(19-2)6-12(10)20-3/h4-8H,9H2,1-3H3. The van der Waals surface area contributed by atoms with Gasteiger partial charge in [0.15, 0.2) is 0 Å². The molecule has 2 aromatic rings. The molecule has 0 saturated carbocycles. The van der Waals surface area contributed by atoms with E-state index in [1.165, 1.54) is 6.20 Å². The maximum atomic E-state index is 5.85. The highest BCUT2D eigenvalue weighted by molar-refractivity contribution is 6.29. The molecule has 0 aliphatic carbocycles. The van der Waals surface area contributed by atoms with Crippen LogP contribution in [0.5, 0.6) is 11.5 Å². The quantitative estimate of drug-likeness (QED) is 0.848. The van der Waals surface area contributed by atoms with Crippen LogP contribution in [0.15, 0.2) is 30.6 Å². The molecule has 0 bridgehead atoms. The van der Waals surface area contributed by atoms with E-state index < -0.39 is 0 Å². The molecule has 5 nitrogen and oxygen atoms in total. The summed E-state index contributed by atoms with van der Waals surface area (Å²) in [7, 11) is 5.18. The van der Waals surface area contributed by atoms with Crippen molar-refractivity contribution >= 4 is 17.4 Å². The van der Waals surface area contributed by atoms with Crippen molar-refractivity contribution in [1.29, 1.82) is 0 Å². The number of benzene rings is 1. The molecule has 1 aromatic heterocycles. The monoisotopic (exact) mass is 293 g/mol. The molecular formula is C14H16ClN3O2. The van der Waals surface area contributed by atoms with Crippen LogP contribution in [0.4, 0.5) is 5.82 Å². The van der Waals surface area contributed by atoms with E-state index in [-0.39, 0.29) is 0 Å². The van der Waals surface area contributed by atoms with Gasteiger partial charge in [0.1, 0.15) is 22.5 Å². The summed E-state index contributed by atoms with van der Waals surface area (Å²) in [5.41, 5.74) is 1.03. The fraction of sp³-hybridized carbons (Fsp3) is 0.286. The van der Waals surface area contributed by atoms with Crippen molar-refractivity contribution in [3.63, 3.8) is 0 Å². The van der Waals surface area contributed by atoms with Crippen molar-refractivity contribution in [1.82, 2.24) is 9.97 Å². The molecule has 0 spiro atoms. The summed E-state index contributed by atoms with van der Waals surface area (Å²) in [6.07, 6.45) is 3.18. The van der Waals surface area contributed by atoms with Crippen LogP contribution in [-0.4, -0.2) is 31.2 Å². The first-order valence-corrected chi connectivity index (χ1v) is 6.41. The van der Waals surface area contributed by atoms with Crippen molar-refractivity contribution in [3.05, 3.63) is 41.3 Å². The molecule has 6 heteroatoms. The first-order valence-electron chi connectivity index (χ1n) is 6.03. The summed E-state index contributed by atoms with van der Waals surface area (Å²) >= 11 is 5.85. The number of hydrogen-bond donors (Lipinski definition) is 0. The highest BCUT2D eigenvalue weighted by atomic mass is 35.5. The molecule has 20 heavy (non-hydrogen) atoms. The van der Waals surface area contributed by atoms with Gasteiger partial charge in [-0.1, -0.05) is 11.6 Å². The Kier molecular flexibility index (Phi) is 4.63. The third kappa shape index (κ3) is 3.30. The molecule has 0 aliphatic heterocycles. The Morgan fingerprint density at radius 2 is 2.00 bits per heavy atom. The van der Waals surface area contributed by atoms with E-state index in [1.54, 1.807) is 20.4 Å². The number of methoxy groups -OCH3 is 2. The van der Waals surface area contributed by atoms with Gasteiger partial charge in [-0.25, -0.2) is 4.98 Å². The molecule has 0 amide bonds. The first kappa shape index (κ1) is 14.4. The molecular weight excluding hydrogens is 278 g/mol. The van der Waals surface area contributed by atoms with E-state index >= 15 is 0 Å². The van der Waals surface area contributed by atoms with Crippen molar-refractivity contribution in [3.8, 4) is 11.5 Å². The maximum absolute atomic E-state index is 5.85. The van der Waals surface area contributed by atoms with Crippen LogP contribution in [0.1, 0.15) is 5.56 Å². The van der Waals surface area contributed by atoms with Gasteiger partial charge >= 0.3 is 0 Å². The second kappa shape index (κ2) is 6.43. The largest absolute Gasteiger partial charge is 0.497 e. The number of rotatable bonds is 5. The lowest BCUT2D eigenvalue weighted by Crippen LogP contribution is -2.18. The normalized spacial score (nSPS) is 10.2. The summed E-state index contributed by atoms with van der Waals surface area (Å²) in [5, 5.41) is 0.371. The van der Waals surface area contributed by atoms with E-state index in [0.717, 1.165) is 17.1 Å². The minimum absolute atomic E-state index is 0.371. The number of aromatic nitrogens is 2. The van der Waals surface area contributed by atoms with Crippen LogP contribution in [0.3, 0.4) is 0 Å². The van der Waals surface area contributed by atoms with Gasteiger partial charge in [0.25, 0.3) is 0 Å². The molecule has 2 rings (SSSR count). The predicted molar refractivity (Wildman–Crippen MR) is 78.7 cm³/mol. The molecule has 0 N–H and O–H groups in total. The molecule has 0 radical (unpaired) electrons. The average Bonchev–Trinajstić information content (AvgIpc) is 2.47. The zero-order chi connectivity index (χ0) is 14.5. The smallest absolute Gasteiger partial charge is 0.149 e. The Balaban J connectivity index is 2.21. The van der Waals surface area contributed by atoms with Crippen molar-refractivity contribution < 1.29 is 9.47 Å². The minimum Gasteiger partial charge on any atom is -0.497 e. The number of hydrogen-bond acceptors (Lipinski definition) is 5. The number of ether oxygens (including phenoxy) is 2. The van der Waals surface area contributed by atoms with E-state index in [1.807, 2.05) is 30.1 Å². The lowest BCUT2D eigenvalue weighted by molar-refractivity contribution is 0.391. The van der Waals surface area contributed by atoms with Gasteiger partial charge in [-0.3, -0.25) is 4.98 Å². The predicted octanol–water partition coefficient (Wildman–Crippen LogP) is 2.78. The molecule has 0 saturated heterocycles. The van der Waals surface area contributed by atoms with Crippen LogP contribution in [-0.2, 0) is 6.54 Å². The second-order valence-electron chi connectivity index (χ2n) is 4.23. The van der Waals surface area contributed by atoms with Crippen LogP contribution in [0.2, 0.25) is 5.15 Å². The Hall–Kier alpha value is -2.01. The number of nitrogens with zero attached hydrogens (tertiary/aromatic N) is 3. The molecule has 1 heterocycles. The fourth-order valence-electron chi connectivity index (χ4n) is 1.84. The highest BCUT2D eigenvalue weighted by Crippen LogP contribution is 2.26. The van der Waals surface area contributed by atoms with E-state index in [2.05, 4.69) is 9.97 Å². The molecule has 0 atom stereocenters. The van der Waals surface area contributed by atoms with Crippen LogP contribution in [0, 0.1) is 0 Å². The van der Waals surface area contributed by atoms with E-state index in [4.69, 9.17) is 21.1 Å². The molecule has 0 unspecified atom stereocenters. The van der Waals surface area contributed by atoms with E-state index in [9.17, 15) is 0 Å². The zero-order valence-electron chi connectivity index (χ0n) is 11.6. The van der Waals surface area contributed by atoms with Gasteiger partial charge in [-0.15, -0.1) is 0 Å². The third-order valence-corrected chi connectivity index (χ3v) is 3.07. The van der Waals surface area contributed by atoms with Crippen molar-refractivity contribution in [2.75, 3.05) is 26.2 Å². The topological polar surface area (TPSA) is 47.5 Å². The van der Waals surface area contributed by atoms with Gasteiger partial charge in [0.2, 0.25) is 0 Å². The molecule has 1 aromatic carbocycles. The van der Waals surface area contributed by atoms with Gasteiger partial charge in [0.05, 0.1) is 26.6 Å². The second-order valence-corrected chi connectivity index (χ2v) is 4.62. The Morgan fingerprint density at radius 1 is 1.20 bits per heavy atom. The van der Waals surface area contributed by atoms with Gasteiger partial charge in [-0.05, 0) is 12.1 Å². The summed E-state index contributed by atoms with van der Waals surface area (Å²) in [5.74, 6) is 2.23. The molecule has 106 valence electrons. The first-order chi connectivity index (χ1) is 9.63. The van der Waals surface area contributed by atoms with Crippen LogP contribution >= 0.6 is 11.6 Å². The fourth-order valence-corrected chi connectivity index (χ4v) is 1.98. The third-order valence-electron chi connectivity index (χ3n) is 2.89. The van der Waals surface area contributed by atoms with Gasteiger partial charge in [-0.2, -0.15) is 0 Å². The van der Waals surface area contributed by atoms with Crippen molar-refractivity contribution in [2.45, 2.75) is 6.54 Å². The highest BCUT2D eigenvalue weighted by Gasteiger charge is 2.10. The summed E-state index contributed by atoms with van der Waals surface area (Å²) in [6.45, 7) is 0.627.